The van der Waals surface area contributed by atoms with Crippen molar-refractivity contribution >= 4 is 17.6 Å². The average Bonchev–Trinajstić information content (AvgIpc) is 2.62. The number of nitrogens with zero attached hydrogens (tertiary/aromatic N) is 1. The summed E-state index contributed by atoms with van der Waals surface area (Å²) in [7, 11) is 0. The first kappa shape index (κ1) is 24.4. The van der Waals surface area contributed by atoms with Gasteiger partial charge in [-0.3, -0.25) is 9.59 Å². The van der Waals surface area contributed by atoms with Gasteiger partial charge in [0.2, 0.25) is 5.92 Å². The number of nitrogens with one attached hydrogen (secondary N) is 2. The lowest BCUT2D eigenvalue weighted by Gasteiger charge is -2.20. The van der Waals surface area contributed by atoms with E-state index in [1.807, 2.05) is 0 Å². The fourth-order valence-electron chi connectivity index (χ4n) is 2.43. The summed E-state index contributed by atoms with van der Waals surface area (Å²) in [5, 5.41) is 14.8. The molecule has 0 spiro atoms. The van der Waals surface area contributed by atoms with Crippen LogP contribution in [0.4, 0.5) is 14.6 Å². The number of anilines is 1. The Morgan fingerprint density at radius 1 is 1.34 bits per heavy atom. The number of halogens is 2. The molecule has 1 atom stereocenters. The molecule has 1 unspecified atom stereocenters. The van der Waals surface area contributed by atoms with Gasteiger partial charge in [-0.1, -0.05) is 31.7 Å². The number of carbonyl (C=O) groups is 2. The minimum Gasteiger partial charge on any atom is -0.381 e. The van der Waals surface area contributed by atoms with Crippen LogP contribution >= 0.6 is 0 Å². The second kappa shape index (κ2) is 10.2. The van der Waals surface area contributed by atoms with Gasteiger partial charge in [-0.05, 0) is 32.9 Å². The van der Waals surface area contributed by atoms with Gasteiger partial charge in [-0.15, -0.1) is 0 Å². The van der Waals surface area contributed by atoms with Gasteiger partial charge in [0.25, 0.3) is 11.8 Å². The van der Waals surface area contributed by atoms with Crippen LogP contribution in [0.1, 0.15) is 49.7 Å². The second-order valence-corrected chi connectivity index (χ2v) is 7.40. The van der Waals surface area contributed by atoms with Gasteiger partial charge in [-0.2, -0.15) is 0 Å². The Labute approximate surface area is 170 Å². The predicted octanol–water partition coefficient (Wildman–Crippen LogP) is 3.62. The molecule has 0 saturated carbocycles. The molecule has 1 rings (SSSR count). The third-order valence-corrected chi connectivity index (χ3v) is 4.14. The molecule has 8 heteroatoms. The number of aryl methyl sites for hydroxylation is 1. The molecular formula is C21H29F2N3O3. The van der Waals surface area contributed by atoms with E-state index in [2.05, 4.69) is 22.2 Å². The zero-order valence-corrected chi connectivity index (χ0v) is 17.3. The first-order valence-electron chi connectivity index (χ1n) is 9.35. The highest BCUT2D eigenvalue weighted by molar-refractivity contribution is 5.98. The van der Waals surface area contributed by atoms with E-state index in [0.29, 0.717) is 5.69 Å². The Bertz CT molecular complexity index is 771. The summed E-state index contributed by atoms with van der Waals surface area (Å²) in [6.07, 6.45) is 3.97. The SMILES string of the molecule is C=C/C=C\C(CNC(=O)c1cc(C)nc(NC(=O)C(C)(C)O)c1)CC(F)(F)CC. The van der Waals surface area contributed by atoms with Gasteiger partial charge in [0.05, 0.1) is 0 Å². The van der Waals surface area contributed by atoms with E-state index < -0.39 is 35.7 Å². The summed E-state index contributed by atoms with van der Waals surface area (Å²) in [5.41, 5.74) is -0.912. The summed E-state index contributed by atoms with van der Waals surface area (Å²) in [6, 6.07) is 2.88. The monoisotopic (exact) mass is 409 g/mol. The molecule has 0 aliphatic heterocycles. The Balaban J connectivity index is 2.90. The number of hydrogen-bond acceptors (Lipinski definition) is 4. The molecule has 0 aliphatic rings. The van der Waals surface area contributed by atoms with Gasteiger partial charge in [0.15, 0.2) is 0 Å². The molecule has 1 aromatic heterocycles. The number of amides is 2. The lowest BCUT2D eigenvalue weighted by atomic mass is 9.98. The molecule has 3 N–H and O–H groups in total. The Kier molecular flexibility index (Phi) is 8.63. The fourth-order valence-corrected chi connectivity index (χ4v) is 2.43. The molecule has 29 heavy (non-hydrogen) atoms. The first-order valence-corrected chi connectivity index (χ1v) is 9.35. The van der Waals surface area contributed by atoms with Gasteiger partial charge >= 0.3 is 0 Å². The van der Waals surface area contributed by atoms with Crippen molar-refractivity contribution in [1.29, 1.82) is 0 Å². The zero-order valence-electron chi connectivity index (χ0n) is 17.3. The van der Waals surface area contributed by atoms with Crippen molar-refractivity contribution in [2.75, 3.05) is 11.9 Å². The third kappa shape index (κ3) is 8.51. The summed E-state index contributed by atoms with van der Waals surface area (Å²) in [6.45, 7) is 9.27. The molecule has 0 radical (unpaired) electrons. The number of allylic oxidation sites excluding steroid dienone is 2. The maximum absolute atomic E-state index is 13.8. The topological polar surface area (TPSA) is 91.3 Å². The zero-order chi connectivity index (χ0) is 22.2. The summed E-state index contributed by atoms with van der Waals surface area (Å²) < 4.78 is 27.5. The van der Waals surface area contributed by atoms with Crippen molar-refractivity contribution in [3.63, 3.8) is 0 Å². The van der Waals surface area contributed by atoms with Crippen LogP contribution in [0, 0.1) is 12.8 Å². The summed E-state index contributed by atoms with van der Waals surface area (Å²) in [4.78, 5) is 28.5. The van der Waals surface area contributed by atoms with Gasteiger partial charge in [-0.25, -0.2) is 13.8 Å². The molecule has 0 saturated heterocycles. The lowest BCUT2D eigenvalue weighted by Crippen LogP contribution is -2.37. The number of rotatable bonds is 10. The minimum atomic E-state index is -2.83. The first-order chi connectivity index (χ1) is 13.4. The molecule has 0 aromatic carbocycles. The number of aliphatic hydroxyl groups is 1. The molecule has 6 nitrogen and oxygen atoms in total. The molecule has 0 aliphatic carbocycles. The summed E-state index contributed by atoms with van der Waals surface area (Å²) >= 11 is 0. The smallest absolute Gasteiger partial charge is 0.256 e. The van der Waals surface area contributed by atoms with Crippen molar-refractivity contribution in [2.45, 2.75) is 52.1 Å². The van der Waals surface area contributed by atoms with Crippen LogP contribution in [-0.4, -0.2) is 40.0 Å². The van der Waals surface area contributed by atoms with E-state index in [4.69, 9.17) is 0 Å². The number of alkyl halides is 2. The second-order valence-electron chi connectivity index (χ2n) is 7.40. The molecular weight excluding hydrogens is 380 g/mol. The largest absolute Gasteiger partial charge is 0.381 e. The molecule has 0 bridgehead atoms. The van der Waals surface area contributed by atoms with Crippen LogP contribution in [0.15, 0.2) is 36.9 Å². The number of pyridine rings is 1. The fraction of sp³-hybridized carbons (Fsp3) is 0.476. The van der Waals surface area contributed by atoms with Crippen LogP contribution in [0.5, 0.6) is 0 Å². The molecule has 0 fully saturated rings. The number of hydrogen-bond donors (Lipinski definition) is 3. The summed E-state index contributed by atoms with van der Waals surface area (Å²) in [5.74, 6) is -4.43. The maximum atomic E-state index is 13.8. The van der Waals surface area contributed by atoms with E-state index in [0.717, 1.165) is 0 Å². The van der Waals surface area contributed by atoms with Crippen molar-refractivity contribution < 1.29 is 23.5 Å². The Morgan fingerprint density at radius 3 is 2.55 bits per heavy atom. The maximum Gasteiger partial charge on any atom is 0.256 e. The van der Waals surface area contributed by atoms with E-state index in [1.165, 1.54) is 39.0 Å². The molecule has 1 heterocycles. The standard InChI is InChI=1S/C21H29F2N3O3/c1-6-8-9-15(12-21(22,23)7-2)13-24-18(27)16-10-14(3)25-17(11-16)26-19(28)20(4,5)29/h6,8-11,15,29H,1,7,12-13H2,2-5H3,(H,24,27)(H,25,26,28)/b9-8-. The van der Waals surface area contributed by atoms with Crippen LogP contribution in [-0.2, 0) is 4.79 Å². The third-order valence-electron chi connectivity index (χ3n) is 4.14. The highest BCUT2D eigenvalue weighted by atomic mass is 19.3. The quantitative estimate of drug-likeness (QED) is 0.515. The van der Waals surface area contributed by atoms with Gasteiger partial charge in [0, 0.05) is 36.6 Å². The van der Waals surface area contributed by atoms with Gasteiger partial charge < -0.3 is 15.7 Å². The lowest BCUT2D eigenvalue weighted by molar-refractivity contribution is -0.130. The van der Waals surface area contributed by atoms with Crippen molar-refractivity contribution in [3.8, 4) is 0 Å². The Morgan fingerprint density at radius 2 is 2.00 bits per heavy atom. The highest BCUT2D eigenvalue weighted by Crippen LogP contribution is 2.27. The van der Waals surface area contributed by atoms with Crippen molar-refractivity contribution in [2.24, 2.45) is 5.92 Å². The average molecular weight is 409 g/mol. The van der Waals surface area contributed by atoms with Crippen LogP contribution in [0.2, 0.25) is 0 Å². The normalized spacial score (nSPS) is 13.2. The predicted molar refractivity (Wildman–Crippen MR) is 109 cm³/mol. The number of aromatic nitrogens is 1. The minimum absolute atomic E-state index is 0.0193. The number of carbonyl (C=O) groups excluding carboxylic acids is 2. The molecule has 160 valence electrons. The van der Waals surface area contributed by atoms with Crippen LogP contribution in [0.3, 0.4) is 0 Å². The van der Waals surface area contributed by atoms with Gasteiger partial charge in [0.1, 0.15) is 11.4 Å². The highest BCUT2D eigenvalue weighted by Gasteiger charge is 2.29. The van der Waals surface area contributed by atoms with E-state index >= 15 is 0 Å². The van der Waals surface area contributed by atoms with E-state index in [1.54, 1.807) is 19.1 Å². The molecule has 1 aromatic rings. The van der Waals surface area contributed by atoms with Crippen LogP contribution in [0.25, 0.3) is 0 Å². The van der Waals surface area contributed by atoms with E-state index in [9.17, 15) is 23.5 Å². The van der Waals surface area contributed by atoms with Crippen molar-refractivity contribution in [1.82, 2.24) is 10.3 Å². The van der Waals surface area contributed by atoms with Crippen molar-refractivity contribution in [3.05, 3.63) is 48.2 Å². The van der Waals surface area contributed by atoms with E-state index in [-0.39, 0.29) is 24.3 Å². The Hall–Kier alpha value is -2.61. The molecule has 2 amide bonds. The van der Waals surface area contributed by atoms with Crippen LogP contribution < -0.4 is 10.6 Å².